The zero-order valence-corrected chi connectivity index (χ0v) is 17.2. The molecule has 0 fully saturated rings. The number of anilines is 2. The lowest BCUT2D eigenvalue weighted by atomic mass is 10.2. The van der Waals surface area contributed by atoms with E-state index in [4.69, 9.17) is 11.6 Å². The van der Waals surface area contributed by atoms with Crippen molar-refractivity contribution in [2.24, 2.45) is 0 Å². The van der Waals surface area contributed by atoms with Crippen molar-refractivity contribution >= 4 is 45.0 Å². The van der Waals surface area contributed by atoms with Crippen LogP contribution in [0, 0.1) is 6.92 Å². The largest absolute Gasteiger partial charge is 0.323 e. The summed E-state index contributed by atoms with van der Waals surface area (Å²) < 4.78 is 27.7. The van der Waals surface area contributed by atoms with Crippen LogP contribution in [-0.2, 0) is 14.8 Å². The van der Waals surface area contributed by atoms with Crippen molar-refractivity contribution in [1.82, 2.24) is 0 Å². The zero-order valence-electron chi connectivity index (χ0n) is 15.6. The number of benzene rings is 3. The number of halogens is 1. The molecule has 1 amide bonds. The molecule has 0 aliphatic rings. The lowest BCUT2D eigenvalue weighted by Crippen LogP contribution is -2.14. The van der Waals surface area contributed by atoms with Gasteiger partial charge in [-0.2, -0.15) is 0 Å². The Bertz CT molecular complexity index is 1140. The number of rotatable bonds is 6. The molecule has 0 unspecified atom stereocenters. The third-order valence-corrected chi connectivity index (χ3v) is 5.96. The minimum Gasteiger partial charge on any atom is -0.323 e. The Hall–Kier alpha value is -3.09. The van der Waals surface area contributed by atoms with E-state index < -0.39 is 10.0 Å². The molecule has 0 spiro atoms. The second-order valence-corrected chi connectivity index (χ2v) is 8.37. The van der Waals surface area contributed by atoms with Gasteiger partial charge in [0, 0.05) is 16.8 Å². The van der Waals surface area contributed by atoms with Gasteiger partial charge in [0.15, 0.2) is 0 Å². The molecule has 0 heterocycles. The maximum absolute atomic E-state index is 12.6. The van der Waals surface area contributed by atoms with E-state index in [0.29, 0.717) is 22.0 Å². The Morgan fingerprint density at radius 2 is 1.62 bits per heavy atom. The molecule has 3 rings (SSSR count). The molecule has 0 atom stereocenters. The van der Waals surface area contributed by atoms with Gasteiger partial charge in [-0.05, 0) is 60.5 Å². The molecule has 0 radical (unpaired) electrons. The Labute approximate surface area is 175 Å². The van der Waals surface area contributed by atoms with Gasteiger partial charge in [0.05, 0.1) is 10.6 Å². The number of nitrogens with one attached hydrogen (secondary N) is 2. The van der Waals surface area contributed by atoms with E-state index in [0.717, 1.165) is 5.56 Å². The number of amides is 1. The van der Waals surface area contributed by atoms with E-state index in [1.165, 1.54) is 30.3 Å². The van der Waals surface area contributed by atoms with E-state index in [1.807, 2.05) is 30.3 Å². The summed E-state index contributed by atoms with van der Waals surface area (Å²) in [6.07, 6.45) is 3.12. The lowest BCUT2D eigenvalue weighted by Gasteiger charge is -2.12. The highest BCUT2D eigenvalue weighted by Crippen LogP contribution is 2.25. The predicted octanol–water partition coefficient (Wildman–Crippen LogP) is 5.10. The molecule has 5 nitrogen and oxygen atoms in total. The average Bonchev–Trinajstić information content (AvgIpc) is 2.71. The van der Waals surface area contributed by atoms with Crippen LogP contribution < -0.4 is 10.0 Å². The SMILES string of the molecule is Cc1c(Cl)cccc1NS(=O)(=O)c1ccc(NC(=O)/C=C/c2ccccc2)cc1. The predicted molar refractivity (Wildman–Crippen MR) is 118 cm³/mol. The maximum Gasteiger partial charge on any atom is 0.261 e. The standard InChI is InChI=1S/C22H19ClN2O3S/c1-16-20(23)8-5-9-21(16)25-29(27,28)19-13-11-18(12-14-19)24-22(26)15-10-17-6-3-2-4-7-17/h2-15,25H,1H3,(H,24,26)/b15-10+. The summed E-state index contributed by atoms with van der Waals surface area (Å²) in [7, 11) is -3.78. The van der Waals surface area contributed by atoms with E-state index in [2.05, 4.69) is 10.0 Å². The molecule has 0 aliphatic carbocycles. The molecule has 3 aromatic carbocycles. The minimum atomic E-state index is -3.78. The van der Waals surface area contributed by atoms with Crippen LogP contribution in [0.4, 0.5) is 11.4 Å². The van der Waals surface area contributed by atoms with Crippen molar-refractivity contribution in [3.63, 3.8) is 0 Å². The molecule has 29 heavy (non-hydrogen) atoms. The molecule has 3 aromatic rings. The first-order valence-corrected chi connectivity index (χ1v) is 10.6. The first kappa shape index (κ1) is 20.6. The van der Waals surface area contributed by atoms with Gasteiger partial charge in [-0.1, -0.05) is 48.0 Å². The number of carbonyl (C=O) groups excluding carboxylic acids is 1. The van der Waals surface area contributed by atoms with Gasteiger partial charge in [0.1, 0.15) is 0 Å². The van der Waals surface area contributed by atoms with Crippen LogP contribution >= 0.6 is 11.6 Å². The van der Waals surface area contributed by atoms with Crippen LogP contribution in [0.2, 0.25) is 5.02 Å². The summed E-state index contributed by atoms with van der Waals surface area (Å²) in [5.41, 5.74) is 2.46. The van der Waals surface area contributed by atoms with E-state index >= 15 is 0 Å². The second-order valence-electron chi connectivity index (χ2n) is 6.28. The van der Waals surface area contributed by atoms with Gasteiger partial charge >= 0.3 is 0 Å². The molecule has 0 aliphatic heterocycles. The van der Waals surface area contributed by atoms with Gasteiger partial charge in [-0.3, -0.25) is 9.52 Å². The topological polar surface area (TPSA) is 75.3 Å². The van der Waals surface area contributed by atoms with Gasteiger partial charge in [-0.15, -0.1) is 0 Å². The first-order chi connectivity index (χ1) is 13.8. The highest BCUT2D eigenvalue weighted by molar-refractivity contribution is 7.92. The third-order valence-electron chi connectivity index (χ3n) is 4.17. The number of carbonyl (C=O) groups is 1. The monoisotopic (exact) mass is 426 g/mol. The maximum atomic E-state index is 12.6. The molecule has 0 aromatic heterocycles. The van der Waals surface area contributed by atoms with E-state index in [1.54, 1.807) is 31.2 Å². The van der Waals surface area contributed by atoms with Gasteiger partial charge < -0.3 is 5.32 Å². The fourth-order valence-corrected chi connectivity index (χ4v) is 3.86. The summed E-state index contributed by atoms with van der Waals surface area (Å²) in [5.74, 6) is -0.308. The van der Waals surface area contributed by atoms with Crippen LogP contribution in [0.5, 0.6) is 0 Å². The normalized spacial score (nSPS) is 11.4. The third kappa shape index (κ3) is 5.47. The molecule has 148 valence electrons. The number of sulfonamides is 1. The second kappa shape index (κ2) is 8.94. The number of hydrogen-bond donors (Lipinski definition) is 2. The Morgan fingerprint density at radius 1 is 0.931 bits per heavy atom. The molecule has 0 saturated heterocycles. The van der Waals surface area contributed by atoms with Crippen molar-refractivity contribution in [3.05, 3.63) is 95.0 Å². The lowest BCUT2D eigenvalue weighted by molar-refractivity contribution is -0.111. The number of hydrogen-bond acceptors (Lipinski definition) is 3. The summed E-state index contributed by atoms with van der Waals surface area (Å²) in [6.45, 7) is 1.74. The Kier molecular flexibility index (Phi) is 6.36. The summed E-state index contributed by atoms with van der Waals surface area (Å²) in [6, 6.07) is 20.4. The van der Waals surface area contributed by atoms with Crippen LogP contribution in [0.1, 0.15) is 11.1 Å². The van der Waals surface area contributed by atoms with Gasteiger partial charge in [0.25, 0.3) is 10.0 Å². The molecule has 0 saturated carbocycles. The summed E-state index contributed by atoms with van der Waals surface area (Å²) >= 11 is 6.04. The summed E-state index contributed by atoms with van der Waals surface area (Å²) in [5, 5.41) is 3.18. The van der Waals surface area contributed by atoms with Gasteiger partial charge in [0.2, 0.25) is 5.91 Å². The molecule has 2 N–H and O–H groups in total. The molecular weight excluding hydrogens is 408 g/mol. The molecule has 7 heteroatoms. The zero-order chi connectivity index (χ0) is 20.9. The molecular formula is C22H19ClN2O3S. The Morgan fingerprint density at radius 3 is 2.31 bits per heavy atom. The van der Waals surface area contributed by atoms with E-state index in [9.17, 15) is 13.2 Å². The van der Waals surface area contributed by atoms with Crippen molar-refractivity contribution in [2.45, 2.75) is 11.8 Å². The summed E-state index contributed by atoms with van der Waals surface area (Å²) in [4.78, 5) is 12.1. The fraction of sp³-hybridized carbons (Fsp3) is 0.0455. The first-order valence-electron chi connectivity index (χ1n) is 8.77. The van der Waals surface area contributed by atoms with Gasteiger partial charge in [-0.25, -0.2) is 8.42 Å². The highest BCUT2D eigenvalue weighted by atomic mass is 35.5. The molecule has 0 bridgehead atoms. The van der Waals surface area contributed by atoms with Crippen molar-refractivity contribution in [1.29, 1.82) is 0 Å². The van der Waals surface area contributed by atoms with Crippen molar-refractivity contribution in [3.8, 4) is 0 Å². The van der Waals surface area contributed by atoms with Crippen LogP contribution in [-0.4, -0.2) is 14.3 Å². The average molecular weight is 427 g/mol. The smallest absolute Gasteiger partial charge is 0.261 e. The van der Waals surface area contributed by atoms with Crippen molar-refractivity contribution in [2.75, 3.05) is 10.0 Å². The van der Waals surface area contributed by atoms with Crippen molar-refractivity contribution < 1.29 is 13.2 Å². The van der Waals surface area contributed by atoms with Crippen LogP contribution in [0.3, 0.4) is 0 Å². The highest BCUT2D eigenvalue weighted by Gasteiger charge is 2.16. The minimum absolute atomic E-state index is 0.0784. The van der Waals surface area contributed by atoms with Crippen LogP contribution in [0.15, 0.2) is 83.8 Å². The van der Waals surface area contributed by atoms with E-state index in [-0.39, 0.29) is 10.8 Å². The quantitative estimate of drug-likeness (QED) is 0.538. The van der Waals surface area contributed by atoms with Crippen LogP contribution in [0.25, 0.3) is 6.08 Å². The Balaban J connectivity index is 1.68. The fourth-order valence-electron chi connectivity index (χ4n) is 2.56.